The van der Waals surface area contributed by atoms with E-state index in [2.05, 4.69) is 10.6 Å². The average molecular weight is 382 g/mol. The van der Waals surface area contributed by atoms with Gasteiger partial charge < -0.3 is 20.1 Å². The first-order chi connectivity index (χ1) is 13.5. The molecule has 1 unspecified atom stereocenters. The van der Waals surface area contributed by atoms with Crippen LogP contribution in [0, 0.1) is 6.92 Å². The van der Waals surface area contributed by atoms with Gasteiger partial charge in [0.15, 0.2) is 0 Å². The highest BCUT2D eigenvalue weighted by atomic mass is 16.5. The predicted octanol–water partition coefficient (Wildman–Crippen LogP) is 2.72. The first-order valence-corrected chi connectivity index (χ1v) is 9.08. The molecule has 2 rings (SSSR count). The minimum absolute atomic E-state index is 0.265. The standard InChI is InChI=1S/C22H26N2O4/c1-16-5-4-6-20(15-16)28-14-13-23-22(26)17(2)24-21(25)12-9-18-7-10-19(27-3)11-8-18/h4-12,15,17H,13-14H2,1-3H3,(H,23,26)(H,24,25)/b12-9+. The number of carbonyl (C=O) groups is 2. The predicted molar refractivity (Wildman–Crippen MR) is 109 cm³/mol. The van der Waals surface area contributed by atoms with Crippen molar-refractivity contribution in [2.24, 2.45) is 0 Å². The lowest BCUT2D eigenvalue weighted by Crippen LogP contribution is -2.45. The van der Waals surface area contributed by atoms with Crippen LogP contribution in [0.15, 0.2) is 54.6 Å². The van der Waals surface area contributed by atoms with Crippen LogP contribution in [0.3, 0.4) is 0 Å². The molecule has 6 nitrogen and oxygen atoms in total. The third-order valence-electron chi connectivity index (χ3n) is 3.95. The Bertz CT molecular complexity index is 816. The van der Waals surface area contributed by atoms with Crippen LogP contribution in [0.25, 0.3) is 6.08 Å². The summed E-state index contributed by atoms with van der Waals surface area (Å²) in [6.07, 6.45) is 3.07. The molecule has 2 aromatic carbocycles. The van der Waals surface area contributed by atoms with Crippen molar-refractivity contribution in [2.45, 2.75) is 19.9 Å². The molecule has 0 saturated heterocycles. The fourth-order valence-corrected chi connectivity index (χ4v) is 2.42. The fraction of sp³-hybridized carbons (Fsp3) is 0.273. The lowest BCUT2D eigenvalue weighted by Gasteiger charge is -2.13. The number of rotatable bonds is 9. The molecule has 0 heterocycles. The maximum absolute atomic E-state index is 12.1. The van der Waals surface area contributed by atoms with E-state index in [1.807, 2.05) is 55.5 Å². The monoisotopic (exact) mass is 382 g/mol. The Hall–Kier alpha value is -3.28. The summed E-state index contributed by atoms with van der Waals surface area (Å²) in [6.45, 7) is 4.33. The highest BCUT2D eigenvalue weighted by Gasteiger charge is 2.13. The number of benzene rings is 2. The van der Waals surface area contributed by atoms with E-state index in [-0.39, 0.29) is 11.8 Å². The number of hydrogen-bond acceptors (Lipinski definition) is 4. The molecule has 0 aliphatic heterocycles. The van der Waals surface area contributed by atoms with Gasteiger partial charge in [-0.3, -0.25) is 9.59 Å². The van der Waals surface area contributed by atoms with Crippen LogP contribution in [0.5, 0.6) is 11.5 Å². The summed E-state index contributed by atoms with van der Waals surface area (Å²) in [4.78, 5) is 24.0. The van der Waals surface area contributed by atoms with Crippen molar-refractivity contribution in [3.05, 3.63) is 65.7 Å². The highest BCUT2D eigenvalue weighted by molar-refractivity contribution is 5.95. The molecule has 0 aromatic heterocycles. The van der Waals surface area contributed by atoms with Gasteiger partial charge in [-0.1, -0.05) is 24.3 Å². The summed E-state index contributed by atoms with van der Waals surface area (Å²) in [5.74, 6) is 0.908. The Morgan fingerprint density at radius 2 is 1.86 bits per heavy atom. The van der Waals surface area contributed by atoms with E-state index >= 15 is 0 Å². The summed E-state index contributed by atoms with van der Waals surface area (Å²) >= 11 is 0. The van der Waals surface area contributed by atoms with Crippen LogP contribution >= 0.6 is 0 Å². The molecule has 0 aliphatic carbocycles. The maximum atomic E-state index is 12.1. The van der Waals surface area contributed by atoms with E-state index < -0.39 is 6.04 Å². The second-order valence-electron chi connectivity index (χ2n) is 6.29. The van der Waals surface area contributed by atoms with Gasteiger partial charge >= 0.3 is 0 Å². The van der Waals surface area contributed by atoms with Gasteiger partial charge in [0, 0.05) is 6.08 Å². The fourth-order valence-electron chi connectivity index (χ4n) is 2.42. The number of nitrogens with one attached hydrogen (secondary N) is 2. The smallest absolute Gasteiger partial charge is 0.244 e. The lowest BCUT2D eigenvalue weighted by atomic mass is 10.2. The van der Waals surface area contributed by atoms with Crippen LogP contribution in [-0.2, 0) is 9.59 Å². The molecule has 0 spiro atoms. The Kier molecular flexibility index (Phi) is 8.09. The van der Waals surface area contributed by atoms with Gasteiger partial charge in [-0.05, 0) is 55.3 Å². The second kappa shape index (κ2) is 10.8. The van der Waals surface area contributed by atoms with E-state index in [9.17, 15) is 9.59 Å². The van der Waals surface area contributed by atoms with Crippen molar-refractivity contribution in [3.8, 4) is 11.5 Å². The normalized spacial score (nSPS) is 11.7. The summed E-state index contributed by atoms with van der Waals surface area (Å²) in [5.41, 5.74) is 1.97. The Labute approximate surface area is 165 Å². The van der Waals surface area contributed by atoms with Gasteiger partial charge in [0.1, 0.15) is 24.1 Å². The zero-order valence-corrected chi connectivity index (χ0v) is 16.4. The number of carbonyl (C=O) groups excluding carboxylic acids is 2. The van der Waals surface area contributed by atoms with Crippen molar-refractivity contribution in [2.75, 3.05) is 20.3 Å². The minimum Gasteiger partial charge on any atom is -0.497 e. The molecular formula is C22H26N2O4. The second-order valence-corrected chi connectivity index (χ2v) is 6.29. The van der Waals surface area contributed by atoms with Crippen LogP contribution in [0.1, 0.15) is 18.1 Å². The molecule has 2 aromatic rings. The SMILES string of the molecule is COc1ccc(/C=C/C(=O)NC(C)C(=O)NCCOc2cccc(C)c2)cc1. The molecule has 0 fully saturated rings. The molecule has 0 bridgehead atoms. The number of amides is 2. The number of aryl methyl sites for hydroxylation is 1. The van der Waals surface area contributed by atoms with E-state index in [1.54, 1.807) is 20.1 Å². The van der Waals surface area contributed by atoms with Gasteiger partial charge in [0.25, 0.3) is 0 Å². The number of ether oxygens (including phenoxy) is 2. The Morgan fingerprint density at radius 1 is 1.11 bits per heavy atom. The van der Waals surface area contributed by atoms with E-state index in [1.165, 1.54) is 6.08 Å². The van der Waals surface area contributed by atoms with Crippen LogP contribution in [0.2, 0.25) is 0 Å². The summed E-state index contributed by atoms with van der Waals surface area (Å²) in [6, 6.07) is 14.4. The third-order valence-corrected chi connectivity index (χ3v) is 3.95. The molecular weight excluding hydrogens is 356 g/mol. The lowest BCUT2D eigenvalue weighted by molar-refractivity contribution is -0.126. The molecule has 6 heteroatoms. The largest absolute Gasteiger partial charge is 0.497 e. The van der Waals surface area contributed by atoms with Crippen LogP contribution < -0.4 is 20.1 Å². The number of hydrogen-bond donors (Lipinski definition) is 2. The zero-order valence-electron chi connectivity index (χ0n) is 16.4. The van der Waals surface area contributed by atoms with Crippen LogP contribution in [0.4, 0.5) is 0 Å². The van der Waals surface area contributed by atoms with E-state index in [0.717, 1.165) is 22.6 Å². The van der Waals surface area contributed by atoms with Crippen molar-refractivity contribution >= 4 is 17.9 Å². The molecule has 1 atom stereocenters. The van der Waals surface area contributed by atoms with Crippen molar-refractivity contribution in [1.29, 1.82) is 0 Å². The molecule has 0 aliphatic rings. The highest BCUT2D eigenvalue weighted by Crippen LogP contribution is 2.12. The van der Waals surface area contributed by atoms with Gasteiger partial charge in [-0.2, -0.15) is 0 Å². The zero-order chi connectivity index (χ0) is 20.4. The molecule has 0 saturated carbocycles. The molecule has 148 valence electrons. The third kappa shape index (κ3) is 7.15. The van der Waals surface area contributed by atoms with E-state index in [4.69, 9.17) is 9.47 Å². The molecule has 2 amide bonds. The Balaban J connectivity index is 1.70. The van der Waals surface area contributed by atoms with Crippen molar-refractivity contribution in [1.82, 2.24) is 10.6 Å². The molecule has 0 radical (unpaired) electrons. The molecule has 28 heavy (non-hydrogen) atoms. The maximum Gasteiger partial charge on any atom is 0.244 e. The van der Waals surface area contributed by atoms with Crippen molar-refractivity contribution < 1.29 is 19.1 Å². The summed E-state index contributed by atoms with van der Waals surface area (Å²) in [7, 11) is 1.60. The van der Waals surface area contributed by atoms with Crippen LogP contribution in [-0.4, -0.2) is 38.1 Å². The summed E-state index contributed by atoms with van der Waals surface area (Å²) < 4.78 is 10.7. The van der Waals surface area contributed by atoms with Gasteiger partial charge in [0.2, 0.25) is 11.8 Å². The quantitative estimate of drug-likeness (QED) is 0.516. The minimum atomic E-state index is -0.646. The average Bonchev–Trinajstić information content (AvgIpc) is 2.70. The first-order valence-electron chi connectivity index (χ1n) is 9.08. The topological polar surface area (TPSA) is 76.7 Å². The van der Waals surface area contributed by atoms with Crippen molar-refractivity contribution in [3.63, 3.8) is 0 Å². The van der Waals surface area contributed by atoms with Gasteiger partial charge in [0.05, 0.1) is 13.7 Å². The Morgan fingerprint density at radius 3 is 2.54 bits per heavy atom. The molecule has 2 N–H and O–H groups in total. The summed E-state index contributed by atoms with van der Waals surface area (Å²) in [5, 5.41) is 5.38. The number of methoxy groups -OCH3 is 1. The first kappa shape index (κ1) is 21.0. The van der Waals surface area contributed by atoms with Gasteiger partial charge in [-0.25, -0.2) is 0 Å². The van der Waals surface area contributed by atoms with E-state index in [0.29, 0.717) is 13.2 Å². The van der Waals surface area contributed by atoms with Gasteiger partial charge in [-0.15, -0.1) is 0 Å².